The Kier molecular flexibility index (Phi) is 8.14. The summed E-state index contributed by atoms with van der Waals surface area (Å²) in [6.45, 7) is 7.17. The fraction of sp³-hybridized carbons (Fsp3) is 0.391. The second kappa shape index (κ2) is 11.0. The molecule has 31 heavy (non-hydrogen) atoms. The number of morpholine rings is 1. The number of hydrogen-bond donors (Lipinski definition) is 3. The number of benzene rings is 2. The van der Waals surface area contributed by atoms with Gasteiger partial charge in [-0.3, -0.25) is 4.79 Å². The van der Waals surface area contributed by atoms with Crippen molar-refractivity contribution in [2.45, 2.75) is 26.3 Å². The number of rotatable bonds is 7. The van der Waals surface area contributed by atoms with Gasteiger partial charge >= 0.3 is 6.03 Å². The molecule has 3 rings (SSSR count). The van der Waals surface area contributed by atoms with Crippen LogP contribution in [-0.4, -0.2) is 44.3 Å². The highest BCUT2D eigenvalue weighted by molar-refractivity contribution is 6.30. The molecule has 0 saturated carbocycles. The average molecular weight is 445 g/mol. The molecule has 2 aromatic rings. The van der Waals surface area contributed by atoms with Gasteiger partial charge in [-0.1, -0.05) is 25.4 Å². The van der Waals surface area contributed by atoms with E-state index in [2.05, 4.69) is 20.9 Å². The Morgan fingerprint density at radius 3 is 2.16 bits per heavy atom. The first-order valence-corrected chi connectivity index (χ1v) is 10.8. The molecule has 3 N–H and O–H groups in total. The van der Waals surface area contributed by atoms with E-state index in [0.29, 0.717) is 22.8 Å². The molecule has 0 bridgehead atoms. The average Bonchev–Trinajstić information content (AvgIpc) is 2.76. The van der Waals surface area contributed by atoms with Crippen molar-refractivity contribution in [3.8, 4) is 0 Å². The molecule has 1 heterocycles. The van der Waals surface area contributed by atoms with Crippen LogP contribution in [0.4, 0.5) is 21.9 Å². The first-order chi connectivity index (χ1) is 14.9. The number of amides is 3. The van der Waals surface area contributed by atoms with Crippen molar-refractivity contribution < 1.29 is 14.3 Å². The molecule has 0 aliphatic carbocycles. The van der Waals surface area contributed by atoms with Gasteiger partial charge in [0.05, 0.1) is 13.2 Å². The minimum atomic E-state index is -0.661. The lowest BCUT2D eigenvalue weighted by Gasteiger charge is -2.29. The molecule has 1 fully saturated rings. The summed E-state index contributed by atoms with van der Waals surface area (Å²) in [5.74, 6) is -0.0191. The molecule has 1 unspecified atom stereocenters. The van der Waals surface area contributed by atoms with E-state index < -0.39 is 12.1 Å². The van der Waals surface area contributed by atoms with E-state index >= 15 is 0 Å². The van der Waals surface area contributed by atoms with Gasteiger partial charge in [0, 0.05) is 35.2 Å². The van der Waals surface area contributed by atoms with Crippen LogP contribution in [0.5, 0.6) is 0 Å². The Labute approximate surface area is 188 Å². The fourth-order valence-corrected chi connectivity index (χ4v) is 3.49. The number of hydrogen-bond acceptors (Lipinski definition) is 4. The molecule has 166 valence electrons. The van der Waals surface area contributed by atoms with Crippen molar-refractivity contribution in [3.63, 3.8) is 0 Å². The van der Waals surface area contributed by atoms with Gasteiger partial charge in [-0.05, 0) is 60.9 Å². The quantitative estimate of drug-likeness (QED) is 0.592. The first kappa shape index (κ1) is 22.9. The maximum absolute atomic E-state index is 12.9. The highest BCUT2D eigenvalue weighted by atomic mass is 35.5. The van der Waals surface area contributed by atoms with Gasteiger partial charge in [-0.25, -0.2) is 4.79 Å². The molecule has 7 nitrogen and oxygen atoms in total. The third-order valence-electron chi connectivity index (χ3n) is 4.94. The standard InChI is InChI=1S/C23H29ClN4O3/c1-16(2)15-21(27-23(30)26-19-5-3-17(24)4-6-19)22(29)25-18-7-9-20(10-8-18)28-11-13-31-14-12-28/h3-10,16,21H,11-15H2,1-2H3,(H,25,29)(H2,26,27,30). The molecule has 1 aliphatic rings. The summed E-state index contributed by atoms with van der Waals surface area (Å²) in [6, 6.07) is 13.4. The summed E-state index contributed by atoms with van der Waals surface area (Å²) < 4.78 is 5.39. The molecule has 0 radical (unpaired) electrons. The van der Waals surface area contributed by atoms with Gasteiger partial charge in [-0.2, -0.15) is 0 Å². The van der Waals surface area contributed by atoms with Crippen LogP contribution in [0.2, 0.25) is 5.02 Å². The van der Waals surface area contributed by atoms with Crippen LogP contribution in [0, 0.1) is 5.92 Å². The van der Waals surface area contributed by atoms with E-state index in [-0.39, 0.29) is 11.8 Å². The van der Waals surface area contributed by atoms with E-state index in [1.807, 2.05) is 38.1 Å². The molecular weight excluding hydrogens is 416 g/mol. The van der Waals surface area contributed by atoms with Crippen molar-refractivity contribution in [1.82, 2.24) is 5.32 Å². The number of anilines is 3. The molecule has 0 spiro atoms. The van der Waals surface area contributed by atoms with Crippen molar-refractivity contribution in [2.24, 2.45) is 5.92 Å². The molecule has 8 heteroatoms. The number of carbonyl (C=O) groups excluding carboxylic acids is 2. The lowest BCUT2D eigenvalue weighted by Crippen LogP contribution is -2.46. The molecular formula is C23H29ClN4O3. The van der Waals surface area contributed by atoms with Crippen LogP contribution < -0.4 is 20.9 Å². The lowest BCUT2D eigenvalue weighted by molar-refractivity contribution is -0.118. The van der Waals surface area contributed by atoms with E-state index in [1.54, 1.807) is 24.3 Å². The SMILES string of the molecule is CC(C)CC(NC(=O)Nc1ccc(Cl)cc1)C(=O)Nc1ccc(N2CCOCC2)cc1. The molecule has 1 atom stereocenters. The fourth-order valence-electron chi connectivity index (χ4n) is 3.37. The Morgan fingerprint density at radius 2 is 1.55 bits per heavy atom. The van der Waals surface area contributed by atoms with E-state index in [1.165, 1.54) is 0 Å². The third kappa shape index (κ3) is 7.15. The highest BCUT2D eigenvalue weighted by Gasteiger charge is 2.22. The van der Waals surface area contributed by atoms with Gasteiger partial charge in [0.2, 0.25) is 5.91 Å². The van der Waals surface area contributed by atoms with Crippen molar-refractivity contribution >= 4 is 40.6 Å². The predicted molar refractivity (Wildman–Crippen MR) is 125 cm³/mol. The van der Waals surface area contributed by atoms with Gasteiger partial charge in [0.25, 0.3) is 0 Å². The van der Waals surface area contributed by atoms with Crippen LogP contribution in [0.25, 0.3) is 0 Å². The summed E-state index contributed by atoms with van der Waals surface area (Å²) >= 11 is 5.87. The maximum atomic E-state index is 12.9. The molecule has 3 amide bonds. The highest BCUT2D eigenvalue weighted by Crippen LogP contribution is 2.20. The van der Waals surface area contributed by atoms with E-state index in [4.69, 9.17) is 16.3 Å². The smallest absolute Gasteiger partial charge is 0.319 e. The number of ether oxygens (including phenoxy) is 1. The minimum absolute atomic E-state index is 0.232. The van der Waals surface area contributed by atoms with Gasteiger partial charge < -0.3 is 25.6 Å². The normalized spacial score (nSPS) is 14.8. The summed E-state index contributed by atoms with van der Waals surface area (Å²) in [4.78, 5) is 27.5. The molecule has 1 saturated heterocycles. The van der Waals surface area contributed by atoms with Crippen LogP contribution in [-0.2, 0) is 9.53 Å². The van der Waals surface area contributed by atoms with Crippen LogP contribution >= 0.6 is 11.6 Å². The van der Waals surface area contributed by atoms with E-state index in [0.717, 1.165) is 32.0 Å². The van der Waals surface area contributed by atoms with Crippen molar-refractivity contribution in [2.75, 3.05) is 41.8 Å². The second-order valence-corrected chi connectivity index (χ2v) is 8.36. The van der Waals surface area contributed by atoms with Gasteiger partial charge in [0.15, 0.2) is 0 Å². The largest absolute Gasteiger partial charge is 0.378 e. The Hall–Kier alpha value is -2.77. The number of halogens is 1. The van der Waals surface area contributed by atoms with Gasteiger partial charge in [0.1, 0.15) is 6.04 Å². The Bertz CT molecular complexity index is 865. The molecule has 0 aromatic heterocycles. The second-order valence-electron chi connectivity index (χ2n) is 7.92. The minimum Gasteiger partial charge on any atom is -0.378 e. The number of nitrogens with one attached hydrogen (secondary N) is 3. The van der Waals surface area contributed by atoms with Crippen LogP contribution in [0.15, 0.2) is 48.5 Å². The summed E-state index contributed by atoms with van der Waals surface area (Å²) in [5, 5.41) is 9.01. The van der Waals surface area contributed by atoms with Crippen molar-refractivity contribution in [1.29, 1.82) is 0 Å². The number of nitrogens with zero attached hydrogens (tertiary/aromatic N) is 1. The summed E-state index contributed by atoms with van der Waals surface area (Å²) in [5.41, 5.74) is 2.39. The number of urea groups is 1. The maximum Gasteiger partial charge on any atom is 0.319 e. The lowest BCUT2D eigenvalue weighted by atomic mass is 10.0. The number of carbonyl (C=O) groups is 2. The topological polar surface area (TPSA) is 82.7 Å². The molecule has 1 aliphatic heterocycles. The Balaban J connectivity index is 1.59. The zero-order valence-corrected chi connectivity index (χ0v) is 18.6. The summed E-state index contributed by atoms with van der Waals surface area (Å²) in [6.07, 6.45) is 0.520. The van der Waals surface area contributed by atoms with Crippen LogP contribution in [0.1, 0.15) is 20.3 Å². The zero-order chi connectivity index (χ0) is 22.2. The van der Waals surface area contributed by atoms with Crippen molar-refractivity contribution in [3.05, 3.63) is 53.6 Å². The summed E-state index contributed by atoms with van der Waals surface area (Å²) in [7, 11) is 0. The first-order valence-electron chi connectivity index (χ1n) is 10.5. The third-order valence-corrected chi connectivity index (χ3v) is 5.19. The van der Waals surface area contributed by atoms with E-state index in [9.17, 15) is 9.59 Å². The molecule has 2 aromatic carbocycles. The predicted octanol–water partition coefficient (Wildman–Crippen LogP) is 4.35. The monoisotopic (exact) mass is 444 g/mol. The van der Waals surface area contributed by atoms with Crippen LogP contribution in [0.3, 0.4) is 0 Å². The Morgan fingerprint density at radius 1 is 0.968 bits per heavy atom. The zero-order valence-electron chi connectivity index (χ0n) is 17.9. The van der Waals surface area contributed by atoms with Gasteiger partial charge in [-0.15, -0.1) is 0 Å².